The summed E-state index contributed by atoms with van der Waals surface area (Å²) in [5.74, 6) is 0. The summed E-state index contributed by atoms with van der Waals surface area (Å²) in [5, 5.41) is 7.97. The van der Waals surface area contributed by atoms with Crippen LogP contribution in [0.5, 0.6) is 0 Å². The third kappa shape index (κ3) is 2.75. The van der Waals surface area contributed by atoms with Gasteiger partial charge in [0.1, 0.15) is 0 Å². The summed E-state index contributed by atoms with van der Waals surface area (Å²) >= 11 is 5.31. The highest BCUT2D eigenvalue weighted by molar-refractivity contribution is 9.10. The molecular formula is C13H20BrNOS. The van der Waals surface area contributed by atoms with Crippen molar-refractivity contribution in [1.29, 1.82) is 0 Å². The lowest BCUT2D eigenvalue weighted by molar-refractivity contribution is -0.114. The Bertz CT molecular complexity index is 377. The first-order chi connectivity index (χ1) is 8.05. The SMILES string of the molecule is CCOC1CC(NCc2cscc2Br)C1(C)C. The summed E-state index contributed by atoms with van der Waals surface area (Å²) in [6.45, 7) is 8.40. The first-order valence-electron chi connectivity index (χ1n) is 6.11. The Morgan fingerprint density at radius 1 is 1.53 bits per heavy atom. The molecule has 96 valence electrons. The first-order valence-corrected chi connectivity index (χ1v) is 7.84. The van der Waals surface area contributed by atoms with Crippen LogP contribution in [0.15, 0.2) is 15.2 Å². The molecule has 4 heteroatoms. The Morgan fingerprint density at radius 2 is 2.29 bits per heavy atom. The van der Waals surface area contributed by atoms with Gasteiger partial charge in [-0.15, -0.1) is 0 Å². The van der Waals surface area contributed by atoms with Crippen LogP contribution in [0.2, 0.25) is 0 Å². The molecule has 2 atom stereocenters. The normalized spacial score (nSPS) is 26.8. The zero-order valence-corrected chi connectivity index (χ0v) is 13.0. The fraction of sp³-hybridized carbons (Fsp3) is 0.692. The van der Waals surface area contributed by atoms with Crippen molar-refractivity contribution in [3.05, 3.63) is 20.8 Å². The topological polar surface area (TPSA) is 21.3 Å². The van der Waals surface area contributed by atoms with Crippen molar-refractivity contribution in [3.8, 4) is 0 Å². The quantitative estimate of drug-likeness (QED) is 0.891. The van der Waals surface area contributed by atoms with E-state index in [2.05, 4.69) is 52.8 Å². The van der Waals surface area contributed by atoms with Crippen molar-refractivity contribution in [1.82, 2.24) is 5.32 Å². The average Bonchev–Trinajstić information content (AvgIpc) is 2.68. The maximum Gasteiger partial charge on any atom is 0.0655 e. The van der Waals surface area contributed by atoms with Crippen LogP contribution in [0.3, 0.4) is 0 Å². The number of rotatable bonds is 5. The summed E-state index contributed by atoms with van der Waals surface area (Å²) in [5.41, 5.74) is 1.60. The molecule has 1 fully saturated rings. The zero-order chi connectivity index (χ0) is 12.5. The number of thiophene rings is 1. The fourth-order valence-corrected chi connectivity index (χ4v) is 3.83. The maximum atomic E-state index is 5.74. The molecule has 17 heavy (non-hydrogen) atoms. The van der Waals surface area contributed by atoms with Crippen LogP contribution in [0.1, 0.15) is 32.8 Å². The molecule has 0 aromatic carbocycles. The molecule has 1 aromatic heterocycles. The zero-order valence-electron chi connectivity index (χ0n) is 10.6. The Morgan fingerprint density at radius 3 is 2.82 bits per heavy atom. The van der Waals surface area contributed by atoms with Crippen LogP contribution in [0.25, 0.3) is 0 Å². The molecule has 2 rings (SSSR count). The number of hydrogen-bond acceptors (Lipinski definition) is 3. The van der Waals surface area contributed by atoms with E-state index < -0.39 is 0 Å². The number of nitrogens with one attached hydrogen (secondary N) is 1. The highest BCUT2D eigenvalue weighted by atomic mass is 79.9. The van der Waals surface area contributed by atoms with E-state index in [1.807, 2.05) is 0 Å². The van der Waals surface area contributed by atoms with Gasteiger partial charge in [-0.3, -0.25) is 0 Å². The van der Waals surface area contributed by atoms with Gasteiger partial charge in [-0.05, 0) is 40.2 Å². The molecule has 1 saturated carbocycles. The molecule has 1 heterocycles. The molecule has 1 aliphatic carbocycles. The van der Waals surface area contributed by atoms with Gasteiger partial charge in [0.2, 0.25) is 0 Å². The van der Waals surface area contributed by atoms with E-state index in [9.17, 15) is 0 Å². The van der Waals surface area contributed by atoms with Gasteiger partial charge >= 0.3 is 0 Å². The van der Waals surface area contributed by atoms with Gasteiger partial charge in [0.05, 0.1) is 6.10 Å². The predicted octanol–water partition coefficient (Wildman–Crippen LogP) is 3.80. The molecule has 0 aliphatic heterocycles. The summed E-state index contributed by atoms with van der Waals surface area (Å²) in [4.78, 5) is 0. The predicted molar refractivity (Wildman–Crippen MR) is 76.5 cm³/mol. The molecule has 1 aromatic rings. The van der Waals surface area contributed by atoms with Gasteiger partial charge in [-0.1, -0.05) is 13.8 Å². The van der Waals surface area contributed by atoms with Crippen LogP contribution in [-0.4, -0.2) is 18.8 Å². The largest absolute Gasteiger partial charge is 0.378 e. The third-order valence-electron chi connectivity index (χ3n) is 3.77. The smallest absolute Gasteiger partial charge is 0.0655 e. The van der Waals surface area contributed by atoms with Crippen LogP contribution in [-0.2, 0) is 11.3 Å². The van der Waals surface area contributed by atoms with E-state index in [4.69, 9.17) is 4.74 Å². The van der Waals surface area contributed by atoms with Gasteiger partial charge in [0, 0.05) is 34.5 Å². The molecule has 2 nitrogen and oxygen atoms in total. The molecule has 0 amide bonds. The monoisotopic (exact) mass is 317 g/mol. The van der Waals surface area contributed by atoms with E-state index in [0.29, 0.717) is 12.1 Å². The summed E-state index contributed by atoms with van der Waals surface area (Å²) in [7, 11) is 0. The Hall–Kier alpha value is 0.100. The summed E-state index contributed by atoms with van der Waals surface area (Å²) < 4.78 is 6.95. The van der Waals surface area contributed by atoms with Crippen molar-refractivity contribution in [2.45, 2.75) is 45.9 Å². The maximum absolute atomic E-state index is 5.74. The van der Waals surface area contributed by atoms with E-state index >= 15 is 0 Å². The molecular weight excluding hydrogens is 298 g/mol. The second-order valence-electron chi connectivity index (χ2n) is 5.18. The second-order valence-corrected chi connectivity index (χ2v) is 6.78. The van der Waals surface area contributed by atoms with Crippen molar-refractivity contribution >= 4 is 27.3 Å². The Balaban J connectivity index is 1.84. The summed E-state index contributed by atoms with van der Waals surface area (Å²) in [6.07, 6.45) is 1.54. The lowest BCUT2D eigenvalue weighted by atomic mass is 9.64. The molecule has 1 N–H and O–H groups in total. The molecule has 0 radical (unpaired) electrons. The molecule has 0 bridgehead atoms. The minimum Gasteiger partial charge on any atom is -0.378 e. The highest BCUT2D eigenvalue weighted by Crippen LogP contribution is 2.42. The Labute approximate surface area is 116 Å². The van der Waals surface area contributed by atoms with Crippen molar-refractivity contribution in [3.63, 3.8) is 0 Å². The first kappa shape index (κ1) is 13.5. The lowest BCUT2D eigenvalue weighted by Gasteiger charge is -2.52. The van der Waals surface area contributed by atoms with Crippen LogP contribution in [0, 0.1) is 5.41 Å². The van der Waals surface area contributed by atoms with E-state index in [0.717, 1.165) is 19.6 Å². The Kier molecular flexibility index (Phi) is 4.29. The molecule has 0 saturated heterocycles. The number of ether oxygens (including phenoxy) is 1. The van der Waals surface area contributed by atoms with E-state index in [1.165, 1.54) is 10.0 Å². The lowest BCUT2D eigenvalue weighted by Crippen LogP contribution is -2.60. The second kappa shape index (κ2) is 5.39. The fourth-order valence-electron chi connectivity index (χ4n) is 2.38. The van der Waals surface area contributed by atoms with Gasteiger partial charge in [0.25, 0.3) is 0 Å². The number of halogens is 1. The van der Waals surface area contributed by atoms with E-state index in [1.54, 1.807) is 11.3 Å². The minimum atomic E-state index is 0.249. The van der Waals surface area contributed by atoms with E-state index in [-0.39, 0.29) is 5.41 Å². The van der Waals surface area contributed by atoms with Crippen molar-refractivity contribution in [2.75, 3.05) is 6.61 Å². The standard InChI is InChI=1S/C13H20BrNOS/c1-4-16-12-5-11(13(12,2)3)15-6-9-7-17-8-10(9)14/h7-8,11-12,15H,4-6H2,1-3H3. The third-order valence-corrected chi connectivity index (χ3v) is 5.61. The van der Waals surface area contributed by atoms with Crippen LogP contribution < -0.4 is 5.32 Å². The number of hydrogen-bond donors (Lipinski definition) is 1. The van der Waals surface area contributed by atoms with Crippen molar-refractivity contribution < 1.29 is 4.74 Å². The van der Waals surface area contributed by atoms with Gasteiger partial charge in [0.15, 0.2) is 0 Å². The minimum absolute atomic E-state index is 0.249. The molecule has 0 spiro atoms. The summed E-state index contributed by atoms with van der Waals surface area (Å²) in [6, 6.07) is 0.561. The van der Waals surface area contributed by atoms with Gasteiger partial charge in [-0.25, -0.2) is 0 Å². The van der Waals surface area contributed by atoms with Gasteiger partial charge in [-0.2, -0.15) is 11.3 Å². The van der Waals surface area contributed by atoms with Crippen LogP contribution in [0.4, 0.5) is 0 Å². The molecule has 1 aliphatic rings. The van der Waals surface area contributed by atoms with Gasteiger partial charge < -0.3 is 10.1 Å². The van der Waals surface area contributed by atoms with Crippen molar-refractivity contribution in [2.24, 2.45) is 5.41 Å². The molecule has 2 unspecified atom stereocenters. The highest BCUT2D eigenvalue weighted by Gasteiger charge is 2.48. The van der Waals surface area contributed by atoms with Crippen LogP contribution >= 0.6 is 27.3 Å². The average molecular weight is 318 g/mol.